The molecule has 1 atom stereocenters. The van der Waals surface area contributed by atoms with Gasteiger partial charge in [-0.2, -0.15) is 0 Å². The molecule has 0 saturated carbocycles. The van der Waals surface area contributed by atoms with Crippen molar-refractivity contribution >= 4 is 17.5 Å². The number of ether oxygens (including phenoxy) is 2. The highest BCUT2D eigenvalue weighted by Gasteiger charge is 2.42. The molecule has 1 fully saturated rings. The third-order valence-electron chi connectivity index (χ3n) is 6.17. The van der Waals surface area contributed by atoms with Crippen LogP contribution in [0.5, 0.6) is 11.5 Å². The smallest absolute Gasteiger partial charge is 0.264 e. The van der Waals surface area contributed by atoms with Gasteiger partial charge in [0.2, 0.25) is 0 Å². The zero-order valence-electron chi connectivity index (χ0n) is 18.6. The fourth-order valence-electron chi connectivity index (χ4n) is 4.55. The van der Waals surface area contributed by atoms with Crippen LogP contribution in [0.15, 0.2) is 36.4 Å². The van der Waals surface area contributed by atoms with E-state index in [1.807, 2.05) is 24.3 Å². The molecule has 4 rings (SSSR count). The highest BCUT2D eigenvalue weighted by atomic mass is 16.5. The topological polar surface area (TPSA) is 97.1 Å². The quantitative estimate of drug-likeness (QED) is 0.610. The number of carbonyl (C=O) groups excluding carboxylic acids is 2. The second-order valence-electron chi connectivity index (χ2n) is 7.98. The van der Waals surface area contributed by atoms with Gasteiger partial charge in [-0.1, -0.05) is 12.1 Å². The molecule has 2 aliphatic rings. The molecule has 1 unspecified atom stereocenters. The molecule has 170 valence electrons. The highest BCUT2D eigenvalue weighted by Crippen LogP contribution is 2.40. The van der Waals surface area contributed by atoms with E-state index in [4.69, 9.17) is 15.2 Å². The Morgan fingerprint density at radius 3 is 2.47 bits per heavy atom. The summed E-state index contributed by atoms with van der Waals surface area (Å²) in [7, 11) is 3.14. The van der Waals surface area contributed by atoms with Crippen molar-refractivity contribution in [1.82, 2.24) is 10.2 Å². The summed E-state index contributed by atoms with van der Waals surface area (Å²) in [5, 5.41) is 3.33. The molecule has 2 amide bonds. The Labute approximate surface area is 188 Å². The number of methoxy groups -OCH3 is 2. The van der Waals surface area contributed by atoms with E-state index >= 15 is 0 Å². The Morgan fingerprint density at radius 2 is 1.78 bits per heavy atom. The van der Waals surface area contributed by atoms with Gasteiger partial charge in [-0.05, 0) is 49.2 Å². The van der Waals surface area contributed by atoms with Gasteiger partial charge in [0.25, 0.3) is 11.8 Å². The number of piperazine rings is 1. The van der Waals surface area contributed by atoms with Crippen LogP contribution in [-0.2, 0) is 0 Å². The number of benzene rings is 2. The number of nitrogens with two attached hydrogens (primary N) is 1. The number of hydrogen-bond donors (Lipinski definition) is 2. The Hall–Kier alpha value is -3.10. The fraction of sp³-hybridized carbons (Fsp3) is 0.417. The van der Waals surface area contributed by atoms with Crippen molar-refractivity contribution in [2.45, 2.75) is 18.9 Å². The first-order chi connectivity index (χ1) is 15.6. The van der Waals surface area contributed by atoms with Crippen LogP contribution in [0.2, 0.25) is 0 Å². The van der Waals surface area contributed by atoms with E-state index < -0.39 is 6.04 Å². The number of hydrogen-bond acceptors (Lipinski definition) is 7. The molecular weight excluding hydrogens is 408 g/mol. The minimum absolute atomic E-state index is 0.254. The van der Waals surface area contributed by atoms with Crippen molar-refractivity contribution in [3.05, 3.63) is 53.1 Å². The lowest BCUT2D eigenvalue weighted by molar-refractivity contribution is 0.0572. The zero-order valence-corrected chi connectivity index (χ0v) is 18.6. The lowest BCUT2D eigenvalue weighted by Gasteiger charge is -2.31. The monoisotopic (exact) mass is 438 g/mol. The molecule has 0 aromatic heterocycles. The number of rotatable bonds is 8. The van der Waals surface area contributed by atoms with Gasteiger partial charge in [0.1, 0.15) is 0 Å². The standard InChI is InChI=1S/C24H30N4O4/c1-31-20-9-8-16(15-21(20)32-2)18(7-4-10-25)28-23(29)17-5-3-6-19(22(17)24(28)30)27-13-11-26-12-14-27/h3,5-6,8-9,15,18,26H,4,7,10-14,25H2,1-2H3. The van der Waals surface area contributed by atoms with Crippen LogP contribution >= 0.6 is 0 Å². The predicted octanol–water partition coefficient (Wildman–Crippen LogP) is 2.19. The zero-order chi connectivity index (χ0) is 22.7. The first kappa shape index (κ1) is 22.1. The van der Waals surface area contributed by atoms with Crippen molar-refractivity contribution in [2.24, 2.45) is 5.73 Å². The van der Waals surface area contributed by atoms with E-state index in [9.17, 15) is 9.59 Å². The summed E-state index contributed by atoms with van der Waals surface area (Å²) in [6.45, 7) is 3.76. The van der Waals surface area contributed by atoms with E-state index in [1.54, 1.807) is 26.4 Å². The highest BCUT2D eigenvalue weighted by molar-refractivity contribution is 6.24. The first-order valence-electron chi connectivity index (χ1n) is 11.0. The average molecular weight is 439 g/mol. The van der Waals surface area contributed by atoms with Gasteiger partial charge in [-0.3, -0.25) is 14.5 Å². The summed E-state index contributed by atoms with van der Waals surface area (Å²) >= 11 is 0. The molecule has 3 N–H and O–H groups in total. The van der Waals surface area contributed by atoms with Gasteiger partial charge in [-0.15, -0.1) is 0 Å². The molecule has 0 radical (unpaired) electrons. The number of amides is 2. The number of carbonyl (C=O) groups is 2. The van der Waals surface area contributed by atoms with Crippen LogP contribution in [0, 0.1) is 0 Å². The molecule has 32 heavy (non-hydrogen) atoms. The van der Waals surface area contributed by atoms with Crippen molar-refractivity contribution in [1.29, 1.82) is 0 Å². The Morgan fingerprint density at radius 1 is 1.03 bits per heavy atom. The minimum atomic E-state index is -0.443. The predicted molar refractivity (Wildman–Crippen MR) is 123 cm³/mol. The Bertz CT molecular complexity index is 1000. The maximum absolute atomic E-state index is 13.7. The molecule has 8 heteroatoms. The summed E-state index contributed by atoms with van der Waals surface area (Å²) < 4.78 is 10.8. The summed E-state index contributed by atoms with van der Waals surface area (Å²) in [4.78, 5) is 30.8. The van der Waals surface area contributed by atoms with Gasteiger partial charge in [0.05, 0.1) is 37.1 Å². The minimum Gasteiger partial charge on any atom is -0.493 e. The van der Waals surface area contributed by atoms with Crippen LogP contribution in [0.3, 0.4) is 0 Å². The summed E-state index contributed by atoms with van der Waals surface area (Å²) in [5.74, 6) is 0.632. The van der Waals surface area contributed by atoms with E-state index in [-0.39, 0.29) is 11.8 Å². The normalized spacial score (nSPS) is 16.8. The van der Waals surface area contributed by atoms with Crippen LogP contribution in [0.25, 0.3) is 0 Å². The van der Waals surface area contributed by atoms with Crippen molar-refractivity contribution in [2.75, 3.05) is 51.8 Å². The van der Waals surface area contributed by atoms with Crippen molar-refractivity contribution < 1.29 is 19.1 Å². The molecule has 2 aliphatic heterocycles. The van der Waals surface area contributed by atoms with E-state index in [2.05, 4.69) is 10.2 Å². The molecule has 0 spiro atoms. The average Bonchev–Trinajstić information content (AvgIpc) is 3.10. The molecular formula is C24H30N4O4. The van der Waals surface area contributed by atoms with Crippen LogP contribution < -0.4 is 25.4 Å². The molecule has 2 aromatic carbocycles. The second-order valence-corrected chi connectivity index (χ2v) is 7.98. The van der Waals surface area contributed by atoms with Crippen LogP contribution in [0.4, 0.5) is 5.69 Å². The number of fused-ring (bicyclic) bond motifs is 1. The Balaban J connectivity index is 1.74. The number of nitrogens with zero attached hydrogens (tertiary/aromatic N) is 2. The van der Waals surface area contributed by atoms with Gasteiger partial charge in [0.15, 0.2) is 11.5 Å². The van der Waals surface area contributed by atoms with Crippen LogP contribution in [0.1, 0.15) is 45.2 Å². The molecule has 1 saturated heterocycles. The molecule has 2 heterocycles. The van der Waals surface area contributed by atoms with E-state index in [0.717, 1.165) is 37.4 Å². The van der Waals surface area contributed by atoms with Crippen molar-refractivity contribution in [3.8, 4) is 11.5 Å². The van der Waals surface area contributed by atoms with Crippen molar-refractivity contribution in [3.63, 3.8) is 0 Å². The largest absolute Gasteiger partial charge is 0.493 e. The SMILES string of the molecule is COc1ccc(C(CCCN)N2C(=O)c3cccc(N4CCNCC4)c3C2=O)cc1OC. The lowest BCUT2D eigenvalue weighted by atomic mass is 9.99. The van der Waals surface area contributed by atoms with Gasteiger partial charge in [0, 0.05) is 26.2 Å². The summed E-state index contributed by atoms with van der Waals surface area (Å²) in [6, 6.07) is 10.6. The molecule has 2 aromatic rings. The van der Waals surface area contributed by atoms with Gasteiger partial charge >= 0.3 is 0 Å². The molecule has 0 bridgehead atoms. The maximum atomic E-state index is 13.7. The number of nitrogens with one attached hydrogen (secondary N) is 1. The number of anilines is 1. The van der Waals surface area contributed by atoms with Gasteiger partial charge in [-0.25, -0.2) is 0 Å². The third kappa shape index (κ3) is 3.91. The molecule has 0 aliphatic carbocycles. The molecule has 8 nitrogen and oxygen atoms in total. The fourth-order valence-corrected chi connectivity index (χ4v) is 4.55. The summed E-state index contributed by atoms with van der Waals surface area (Å²) in [6.07, 6.45) is 1.25. The number of imide groups is 1. The lowest BCUT2D eigenvalue weighted by Crippen LogP contribution is -2.44. The maximum Gasteiger partial charge on any atom is 0.264 e. The third-order valence-corrected chi connectivity index (χ3v) is 6.17. The summed E-state index contributed by atoms with van der Waals surface area (Å²) in [5.41, 5.74) is 8.39. The van der Waals surface area contributed by atoms with E-state index in [0.29, 0.717) is 42.0 Å². The second kappa shape index (κ2) is 9.58. The Kier molecular flexibility index (Phi) is 6.62. The van der Waals surface area contributed by atoms with Crippen LogP contribution in [-0.4, -0.2) is 63.7 Å². The van der Waals surface area contributed by atoms with E-state index in [1.165, 1.54) is 4.90 Å². The van der Waals surface area contributed by atoms with Gasteiger partial charge < -0.3 is 25.4 Å². The first-order valence-corrected chi connectivity index (χ1v) is 11.0.